The summed E-state index contributed by atoms with van der Waals surface area (Å²) < 4.78 is 10.6. The molecule has 2 aliphatic heterocycles. The van der Waals surface area contributed by atoms with Gasteiger partial charge in [-0.15, -0.1) is 0 Å². The molecular formula is C10H18N2O3. The number of hydrogen-bond donors (Lipinski definition) is 2. The Morgan fingerprint density at radius 3 is 3.07 bits per heavy atom. The van der Waals surface area contributed by atoms with Crippen LogP contribution in [0.25, 0.3) is 0 Å². The molecule has 2 saturated heterocycles. The van der Waals surface area contributed by atoms with E-state index in [1.807, 2.05) is 0 Å². The molecule has 2 fully saturated rings. The van der Waals surface area contributed by atoms with Gasteiger partial charge < -0.3 is 20.1 Å². The minimum absolute atomic E-state index is 0.00301. The summed E-state index contributed by atoms with van der Waals surface area (Å²) in [5, 5.41) is 6.16. The molecule has 0 aromatic rings. The fourth-order valence-corrected chi connectivity index (χ4v) is 2.11. The fourth-order valence-electron chi connectivity index (χ4n) is 2.11. The molecule has 0 saturated carbocycles. The smallest absolute Gasteiger partial charge is 0.249 e. The van der Waals surface area contributed by atoms with Crippen molar-refractivity contribution in [1.82, 2.24) is 10.6 Å². The second-order valence-corrected chi connectivity index (χ2v) is 4.05. The van der Waals surface area contributed by atoms with E-state index in [1.165, 1.54) is 0 Å². The van der Waals surface area contributed by atoms with E-state index < -0.39 is 0 Å². The van der Waals surface area contributed by atoms with Gasteiger partial charge in [-0.2, -0.15) is 0 Å². The summed E-state index contributed by atoms with van der Waals surface area (Å²) in [6.07, 6.45) is 1.65. The first-order valence-corrected chi connectivity index (χ1v) is 5.46. The lowest BCUT2D eigenvalue weighted by Crippen LogP contribution is -2.47. The van der Waals surface area contributed by atoms with E-state index in [2.05, 4.69) is 10.6 Å². The van der Waals surface area contributed by atoms with Gasteiger partial charge >= 0.3 is 0 Å². The number of ether oxygens (including phenoxy) is 2. The average molecular weight is 214 g/mol. The maximum absolute atomic E-state index is 11.7. The molecule has 1 unspecified atom stereocenters. The molecule has 2 aliphatic rings. The van der Waals surface area contributed by atoms with Crippen molar-refractivity contribution in [2.45, 2.75) is 31.1 Å². The zero-order chi connectivity index (χ0) is 10.7. The van der Waals surface area contributed by atoms with Gasteiger partial charge in [-0.1, -0.05) is 0 Å². The van der Waals surface area contributed by atoms with E-state index in [1.54, 1.807) is 7.11 Å². The molecule has 0 aromatic carbocycles. The maximum atomic E-state index is 11.7. The fraction of sp³-hybridized carbons (Fsp3) is 0.900. The van der Waals surface area contributed by atoms with Crippen molar-refractivity contribution in [2.24, 2.45) is 0 Å². The highest BCUT2D eigenvalue weighted by Crippen LogP contribution is 2.13. The molecule has 0 aliphatic carbocycles. The molecular weight excluding hydrogens is 196 g/mol. The number of rotatable bonds is 3. The van der Waals surface area contributed by atoms with Gasteiger partial charge in [-0.05, 0) is 12.8 Å². The van der Waals surface area contributed by atoms with Crippen LogP contribution in [0.4, 0.5) is 0 Å². The lowest BCUT2D eigenvalue weighted by atomic mass is 10.2. The summed E-state index contributed by atoms with van der Waals surface area (Å²) in [6.45, 7) is 2.28. The van der Waals surface area contributed by atoms with Gasteiger partial charge in [0.1, 0.15) is 6.10 Å². The number of hydrogen-bond acceptors (Lipinski definition) is 4. The van der Waals surface area contributed by atoms with Crippen LogP contribution in [0.5, 0.6) is 0 Å². The quantitative estimate of drug-likeness (QED) is 0.650. The highest BCUT2D eigenvalue weighted by atomic mass is 16.5. The number of amides is 1. The van der Waals surface area contributed by atoms with Crippen LogP contribution < -0.4 is 10.6 Å². The Balaban J connectivity index is 1.82. The van der Waals surface area contributed by atoms with Gasteiger partial charge in [0.15, 0.2) is 0 Å². The molecule has 86 valence electrons. The summed E-state index contributed by atoms with van der Waals surface area (Å²) in [6, 6.07) is 0.0756. The highest BCUT2D eigenvalue weighted by Gasteiger charge is 2.31. The third-order valence-corrected chi connectivity index (χ3v) is 3.01. The molecule has 2 rings (SSSR count). The predicted octanol–water partition coefficient (Wildman–Crippen LogP) is -0.732. The molecule has 1 amide bonds. The Morgan fingerprint density at radius 2 is 2.40 bits per heavy atom. The van der Waals surface area contributed by atoms with Crippen LogP contribution in [0.1, 0.15) is 12.8 Å². The van der Waals surface area contributed by atoms with Crippen LogP contribution in [0, 0.1) is 0 Å². The summed E-state index contributed by atoms with van der Waals surface area (Å²) >= 11 is 0. The van der Waals surface area contributed by atoms with Crippen LogP contribution in [-0.4, -0.2) is 51.0 Å². The molecule has 15 heavy (non-hydrogen) atoms. The van der Waals surface area contributed by atoms with E-state index in [0.717, 1.165) is 25.9 Å². The minimum Gasteiger partial charge on any atom is -0.378 e. The summed E-state index contributed by atoms with van der Waals surface area (Å²) in [5.74, 6) is 0.00301. The third kappa shape index (κ3) is 2.48. The lowest BCUT2D eigenvalue weighted by molar-refractivity contribution is -0.131. The van der Waals surface area contributed by atoms with Crippen LogP contribution in [0.2, 0.25) is 0 Å². The second-order valence-electron chi connectivity index (χ2n) is 4.05. The molecule has 0 bridgehead atoms. The SMILES string of the molecule is CO[C@H]1CNCC1NC(=O)[C@H]1CCCO1. The second kappa shape index (κ2) is 4.92. The Bertz CT molecular complexity index is 229. The summed E-state index contributed by atoms with van der Waals surface area (Å²) in [5.41, 5.74) is 0. The predicted molar refractivity (Wildman–Crippen MR) is 54.6 cm³/mol. The standard InChI is InChI=1S/C10H18N2O3/c1-14-9-6-11-5-7(9)12-10(13)8-3-2-4-15-8/h7-9,11H,2-6H2,1H3,(H,12,13)/t7?,8-,9+/m1/s1. The Kier molecular flexibility index (Phi) is 3.56. The largest absolute Gasteiger partial charge is 0.378 e. The van der Waals surface area contributed by atoms with E-state index in [4.69, 9.17) is 9.47 Å². The summed E-state index contributed by atoms with van der Waals surface area (Å²) in [4.78, 5) is 11.7. The van der Waals surface area contributed by atoms with Gasteiger partial charge in [0.2, 0.25) is 5.91 Å². The van der Waals surface area contributed by atoms with Crippen LogP contribution in [0.3, 0.4) is 0 Å². The highest BCUT2D eigenvalue weighted by molar-refractivity contribution is 5.81. The van der Waals surface area contributed by atoms with Crippen molar-refractivity contribution < 1.29 is 14.3 Å². The van der Waals surface area contributed by atoms with Crippen LogP contribution in [-0.2, 0) is 14.3 Å². The first kappa shape index (κ1) is 10.9. The van der Waals surface area contributed by atoms with Gasteiger partial charge in [0.25, 0.3) is 0 Å². The van der Waals surface area contributed by atoms with Crippen molar-refractivity contribution in [1.29, 1.82) is 0 Å². The molecule has 0 spiro atoms. The molecule has 5 heteroatoms. The van der Waals surface area contributed by atoms with E-state index in [9.17, 15) is 4.79 Å². The van der Waals surface area contributed by atoms with Crippen LogP contribution >= 0.6 is 0 Å². The van der Waals surface area contributed by atoms with Crippen molar-refractivity contribution >= 4 is 5.91 Å². The van der Waals surface area contributed by atoms with Crippen molar-refractivity contribution in [3.63, 3.8) is 0 Å². The van der Waals surface area contributed by atoms with E-state index in [0.29, 0.717) is 6.61 Å². The lowest BCUT2D eigenvalue weighted by Gasteiger charge is -2.20. The first-order chi connectivity index (χ1) is 7.31. The summed E-state index contributed by atoms with van der Waals surface area (Å²) in [7, 11) is 1.67. The van der Waals surface area contributed by atoms with Gasteiger partial charge in [-0.3, -0.25) is 4.79 Å². The first-order valence-electron chi connectivity index (χ1n) is 5.46. The van der Waals surface area contributed by atoms with E-state index >= 15 is 0 Å². The molecule has 3 atom stereocenters. The minimum atomic E-state index is -0.247. The topological polar surface area (TPSA) is 59.6 Å². The van der Waals surface area contributed by atoms with Gasteiger partial charge in [0, 0.05) is 26.8 Å². The number of carbonyl (C=O) groups excluding carboxylic acids is 1. The molecule has 0 aromatic heterocycles. The normalized spacial score (nSPS) is 35.7. The molecule has 0 radical (unpaired) electrons. The monoisotopic (exact) mass is 214 g/mol. The number of nitrogens with one attached hydrogen (secondary N) is 2. The Hall–Kier alpha value is -0.650. The number of carbonyl (C=O) groups is 1. The molecule has 5 nitrogen and oxygen atoms in total. The van der Waals surface area contributed by atoms with Crippen molar-refractivity contribution in [3.05, 3.63) is 0 Å². The molecule has 2 heterocycles. The maximum Gasteiger partial charge on any atom is 0.249 e. The van der Waals surface area contributed by atoms with Crippen molar-refractivity contribution in [2.75, 3.05) is 26.8 Å². The van der Waals surface area contributed by atoms with Crippen molar-refractivity contribution in [3.8, 4) is 0 Å². The van der Waals surface area contributed by atoms with Gasteiger partial charge in [0.05, 0.1) is 12.1 Å². The third-order valence-electron chi connectivity index (χ3n) is 3.01. The van der Waals surface area contributed by atoms with E-state index in [-0.39, 0.29) is 24.2 Å². The van der Waals surface area contributed by atoms with Crippen LogP contribution in [0.15, 0.2) is 0 Å². The average Bonchev–Trinajstić information content (AvgIpc) is 2.87. The van der Waals surface area contributed by atoms with Gasteiger partial charge in [-0.25, -0.2) is 0 Å². The Labute approximate surface area is 89.5 Å². The Morgan fingerprint density at radius 1 is 1.53 bits per heavy atom. The number of methoxy groups -OCH3 is 1. The zero-order valence-corrected chi connectivity index (χ0v) is 8.99. The zero-order valence-electron chi connectivity index (χ0n) is 8.99. The molecule has 2 N–H and O–H groups in total.